The second kappa shape index (κ2) is 9.19. The highest BCUT2D eigenvalue weighted by atomic mass is 32.1. The maximum absolute atomic E-state index is 12.1. The molecule has 158 valence electrons. The lowest BCUT2D eigenvalue weighted by Gasteiger charge is -2.07. The van der Waals surface area contributed by atoms with Crippen LogP contribution in [0.4, 0.5) is 11.4 Å². The number of nitro benzene ring substituents is 1. The van der Waals surface area contributed by atoms with Gasteiger partial charge in [-0.05, 0) is 54.2 Å². The topological polar surface area (TPSA) is 110 Å². The molecule has 32 heavy (non-hydrogen) atoms. The lowest BCUT2D eigenvalue weighted by Crippen LogP contribution is -2.32. The number of carbonyl (C=O) groups excluding carboxylic acids is 1. The Morgan fingerprint density at radius 3 is 2.66 bits per heavy atom. The standard InChI is InChI=1S/C23H16N4O4S/c28-21(12-9-15-5-4-8-18(13-15)27(29)30)26-23(32)24-17-10-11-20-19(14-17)25-22(31-20)16-6-2-1-3-7-16/h1-14H,(H2,24,26,28,32). The van der Waals surface area contributed by atoms with Gasteiger partial charge in [-0.25, -0.2) is 4.98 Å². The highest BCUT2D eigenvalue weighted by molar-refractivity contribution is 7.80. The van der Waals surface area contributed by atoms with Crippen LogP contribution in [0.5, 0.6) is 0 Å². The van der Waals surface area contributed by atoms with E-state index in [0.717, 1.165) is 5.56 Å². The van der Waals surface area contributed by atoms with Crippen LogP contribution in [0.3, 0.4) is 0 Å². The summed E-state index contributed by atoms with van der Waals surface area (Å²) in [5.41, 5.74) is 3.26. The normalized spacial score (nSPS) is 10.9. The van der Waals surface area contributed by atoms with Crippen LogP contribution in [0, 0.1) is 10.1 Å². The fourth-order valence-electron chi connectivity index (χ4n) is 2.94. The van der Waals surface area contributed by atoms with E-state index in [1.54, 1.807) is 30.3 Å². The van der Waals surface area contributed by atoms with Crippen molar-refractivity contribution >= 4 is 51.8 Å². The number of anilines is 1. The van der Waals surface area contributed by atoms with Crippen LogP contribution in [-0.2, 0) is 4.79 Å². The molecule has 3 aromatic carbocycles. The summed E-state index contributed by atoms with van der Waals surface area (Å²) >= 11 is 5.19. The van der Waals surface area contributed by atoms with Gasteiger partial charge in [0.15, 0.2) is 10.7 Å². The fourth-order valence-corrected chi connectivity index (χ4v) is 3.16. The maximum atomic E-state index is 12.1. The lowest BCUT2D eigenvalue weighted by atomic mass is 10.2. The van der Waals surface area contributed by atoms with Crippen molar-refractivity contribution in [1.29, 1.82) is 0 Å². The third kappa shape index (κ3) is 5.02. The van der Waals surface area contributed by atoms with Gasteiger partial charge in [-0.2, -0.15) is 0 Å². The summed E-state index contributed by atoms with van der Waals surface area (Å²) in [6.07, 6.45) is 2.72. The van der Waals surface area contributed by atoms with Gasteiger partial charge in [-0.3, -0.25) is 20.2 Å². The summed E-state index contributed by atoms with van der Waals surface area (Å²) in [5, 5.41) is 16.4. The van der Waals surface area contributed by atoms with Crippen LogP contribution in [0.1, 0.15) is 5.56 Å². The summed E-state index contributed by atoms with van der Waals surface area (Å²) in [5.74, 6) is 0.0443. The lowest BCUT2D eigenvalue weighted by molar-refractivity contribution is -0.384. The van der Waals surface area contributed by atoms with Gasteiger partial charge in [0.05, 0.1) is 4.92 Å². The van der Waals surface area contributed by atoms with E-state index in [4.69, 9.17) is 16.6 Å². The minimum atomic E-state index is -0.495. The predicted octanol–water partition coefficient (Wildman–Crippen LogP) is 4.93. The quantitative estimate of drug-likeness (QED) is 0.194. The molecule has 0 fully saturated rings. The van der Waals surface area contributed by atoms with Gasteiger partial charge >= 0.3 is 0 Å². The molecule has 0 spiro atoms. The number of amides is 1. The van der Waals surface area contributed by atoms with Gasteiger partial charge in [0.2, 0.25) is 11.8 Å². The van der Waals surface area contributed by atoms with E-state index in [-0.39, 0.29) is 10.8 Å². The minimum Gasteiger partial charge on any atom is -0.436 e. The number of nitro groups is 1. The van der Waals surface area contributed by atoms with Crippen molar-refractivity contribution in [3.05, 3.63) is 94.6 Å². The highest BCUT2D eigenvalue weighted by Gasteiger charge is 2.10. The molecule has 4 rings (SSSR count). The first-order chi connectivity index (χ1) is 15.5. The SMILES string of the molecule is O=C(C=Cc1cccc([N+](=O)[O-])c1)NC(=S)Nc1ccc2oc(-c3ccccc3)nc2c1. The molecule has 0 bridgehead atoms. The second-order valence-corrected chi connectivity index (χ2v) is 7.10. The van der Waals surface area contributed by atoms with E-state index in [2.05, 4.69) is 15.6 Å². The number of hydrogen-bond acceptors (Lipinski definition) is 6. The molecule has 1 aromatic heterocycles. The molecule has 2 N–H and O–H groups in total. The van der Waals surface area contributed by atoms with Crippen LogP contribution in [-0.4, -0.2) is 20.9 Å². The highest BCUT2D eigenvalue weighted by Crippen LogP contribution is 2.26. The van der Waals surface area contributed by atoms with Gasteiger partial charge < -0.3 is 9.73 Å². The van der Waals surface area contributed by atoms with Gasteiger partial charge in [0.25, 0.3) is 5.69 Å². The first kappa shape index (κ1) is 20.9. The smallest absolute Gasteiger partial charge is 0.270 e. The molecule has 1 amide bonds. The molecule has 0 radical (unpaired) electrons. The Morgan fingerprint density at radius 2 is 1.88 bits per heavy atom. The molecule has 0 unspecified atom stereocenters. The Morgan fingerprint density at radius 1 is 1.06 bits per heavy atom. The molecule has 1 heterocycles. The Balaban J connectivity index is 1.39. The Hall–Kier alpha value is -4.37. The van der Waals surface area contributed by atoms with E-state index in [1.165, 1.54) is 24.3 Å². The van der Waals surface area contributed by atoms with Gasteiger partial charge in [0.1, 0.15) is 5.52 Å². The molecule has 8 nitrogen and oxygen atoms in total. The number of hydrogen-bond donors (Lipinski definition) is 2. The first-order valence-electron chi connectivity index (χ1n) is 9.48. The molecule has 0 aliphatic rings. The van der Waals surface area contributed by atoms with E-state index < -0.39 is 10.8 Å². The number of rotatable bonds is 5. The van der Waals surface area contributed by atoms with Crippen LogP contribution in [0.2, 0.25) is 0 Å². The van der Waals surface area contributed by atoms with Crippen molar-refractivity contribution in [2.75, 3.05) is 5.32 Å². The minimum absolute atomic E-state index is 0.0524. The van der Waals surface area contributed by atoms with Gasteiger partial charge in [-0.15, -0.1) is 0 Å². The second-order valence-electron chi connectivity index (χ2n) is 6.70. The number of fused-ring (bicyclic) bond motifs is 1. The zero-order valence-corrected chi connectivity index (χ0v) is 17.3. The Kier molecular flexibility index (Phi) is 6.00. The first-order valence-corrected chi connectivity index (χ1v) is 9.89. The van der Waals surface area contributed by atoms with Crippen molar-refractivity contribution in [2.45, 2.75) is 0 Å². The summed E-state index contributed by atoms with van der Waals surface area (Å²) in [7, 11) is 0. The third-order valence-corrected chi connectivity index (χ3v) is 4.62. The van der Waals surface area contributed by atoms with Crippen molar-refractivity contribution in [3.63, 3.8) is 0 Å². The molecule has 0 aliphatic heterocycles. The number of non-ortho nitro benzene ring substituents is 1. The average Bonchev–Trinajstić information content (AvgIpc) is 3.22. The van der Waals surface area contributed by atoms with E-state index in [9.17, 15) is 14.9 Å². The largest absolute Gasteiger partial charge is 0.436 e. The number of benzene rings is 3. The summed E-state index contributed by atoms with van der Waals surface area (Å²) in [6, 6.07) is 20.8. The number of nitrogens with one attached hydrogen (secondary N) is 2. The van der Waals surface area contributed by atoms with Crippen LogP contribution in [0.25, 0.3) is 28.6 Å². The van der Waals surface area contributed by atoms with Gasteiger partial charge in [0, 0.05) is 29.5 Å². The van der Waals surface area contributed by atoms with Crippen molar-refractivity contribution in [3.8, 4) is 11.5 Å². The summed E-state index contributed by atoms with van der Waals surface area (Å²) in [4.78, 5) is 27.0. The fraction of sp³-hybridized carbons (Fsp3) is 0. The third-order valence-electron chi connectivity index (χ3n) is 4.41. The number of oxazole rings is 1. The number of thiocarbonyl (C=S) groups is 1. The molecule has 0 atom stereocenters. The number of nitrogens with zero attached hydrogens (tertiary/aromatic N) is 2. The van der Waals surface area contributed by atoms with Crippen molar-refractivity contribution in [2.24, 2.45) is 0 Å². The number of aromatic nitrogens is 1. The monoisotopic (exact) mass is 444 g/mol. The van der Waals surface area contributed by atoms with Crippen LogP contribution >= 0.6 is 12.2 Å². The van der Waals surface area contributed by atoms with Crippen molar-refractivity contribution in [1.82, 2.24) is 10.3 Å². The molecular weight excluding hydrogens is 428 g/mol. The molecule has 9 heteroatoms. The predicted molar refractivity (Wildman–Crippen MR) is 126 cm³/mol. The van der Waals surface area contributed by atoms with E-state index in [0.29, 0.717) is 28.2 Å². The van der Waals surface area contributed by atoms with Gasteiger partial charge in [-0.1, -0.05) is 30.3 Å². The van der Waals surface area contributed by atoms with E-state index >= 15 is 0 Å². The van der Waals surface area contributed by atoms with Crippen LogP contribution in [0.15, 0.2) is 83.3 Å². The summed E-state index contributed by atoms with van der Waals surface area (Å²) in [6.45, 7) is 0. The maximum Gasteiger partial charge on any atom is 0.270 e. The summed E-state index contributed by atoms with van der Waals surface area (Å²) < 4.78 is 5.78. The zero-order valence-electron chi connectivity index (χ0n) is 16.5. The van der Waals surface area contributed by atoms with Crippen molar-refractivity contribution < 1.29 is 14.1 Å². The Bertz CT molecular complexity index is 1350. The average molecular weight is 444 g/mol. The Labute approximate surface area is 187 Å². The zero-order chi connectivity index (χ0) is 22.5. The molecule has 0 aliphatic carbocycles. The number of carbonyl (C=O) groups is 1. The van der Waals surface area contributed by atoms with Crippen LogP contribution < -0.4 is 10.6 Å². The molecule has 4 aromatic rings. The molecule has 0 saturated heterocycles. The molecule has 0 saturated carbocycles. The van der Waals surface area contributed by atoms with E-state index in [1.807, 2.05) is 30.3 Å². The molecular formula is C23H16N4O4S.